The minimum absolute atomic E-state index is 0. The summed E-state index contributed by atoms with van der Waals surface area (Å²) in [5.74, 6) is 0. The Kier molecular flexibility index (Phi) is 9.95. The molecule has 2 rings (SSSR count). The molecule has 0 saturated heterocycles. The van der Waals surface area contributed by atoms with Gasteiger partial charge in [0, 0.05) is 0 Å². The molecule has 109 valence electrons. The Morgan fingerprint density at radius 2 is 1.80 bits per heavy atom. The van der Waals surface area contributed by atoms with E-state index < -0.39 is 0 Å². The van der Waals surface area contributed by atoms with Crippen molar-refractivity contribution in [3.8, 4) is 0 Å². The molecule has 0 aromatic heterocycles. The molecule has 0 saturated carbocycles. The number of hydrogen-bond acceptors (Lipinski definition) is 0. The predicted octanol–water partition coefficient (Wildman–Crippen LogP) is -0.846. The molecule has 0 aliphatic heterocycles. The van der Waals surface area contributed by atoms with E-state index in [0.717, 1.165) is 6.42 Å². The van der Waals surface area contributed by atoms with Gasteiger partial charge in [0.1, 0.15) is 0 Å². The Labute approximate surface area is 155 Å². The molecule has 0 heterocycles. The molecule has 1 atom stereocenters. The van der Waals surface area contributed by atoms with Gasteiger partial charge in [0.25, 0.3) is 0 Å². The van der Waals surface area contributed by atoms with Crippen LogP contribution >= 0.6 is 0 Å². The Morgan fingerprint density at radius 1 is 1.20 bits per heavy atom. The van der Waals surface area contributed by atoms with Gasteiger partial charge < -0.3 is 24.8 Å². The van der Waals surface area contributed by atoms with Gasteiger partial charge in [-0.05, 0) is 18.4 Å². The molecular weight excluding hydrogens is 366 g/mol. The Balaban J connectivity index is 0. The molecule has 1 unspecified atom stereocenters. The summed E-state index contributed by atoms with van der Waals surface area (Å²) in [7, 11) is 0. The smallest absolute Gasteiger partial charge is 1.00 e. The topological polar surface area (TPSA) is 0 Å². The van der Waals surface area contributed by atoms with E-state index in [1.54, 1.807) is 11.1 Å². The van der Waals surface area contributed by atoms with Crippen LogP contribution in [0.1, 0.15) is 53.9 Å². The molecule has 20 heavy (non-hydrogen) atoms. The average molecular weight is 390 g/mol. The molecule has 0 bridgehead atoms. The third kappa shape index (κ3) is 3.79. The summed E-state index contributed by atoms with van der Waals surface area (Å²) in [4.78, 5) is 0. The summed E-state index contributed by atoms with van der Waals surface area (Å²) in [6.45, 7) is 11.3. The van der Waals surface area contributed by atoms with Crippen molar-refractivity contribution < 1.29 is 51.0 Å². The average Bonchev–Trinajstić information content (AvgIpc) is 2.82. The fraction of sp³-hybridized carbons (Fsp3) is 0.529. The maximum atomic E-state index is 3.70. The van der Waals surface area contributed by atoms with Crippen LogP contribution in [0.3, 0.4) is 0 Å². The van der Waals surface area contributed by atoms with Gasteiger partial charge in [0.05, 0.1) is 0 Å². The van der Waals surface area contributed by atoms with E-state index in [0.29, 0.717) is 0 Å². The molecule has 0 nitrogen and oxygen atoms in total. The van der Waals surface area contributed by atoms with Gasteiger partial charge in [-0.15, -0.1) is 6.92 Å². The predicted molar refractivity (Wildman–Crippen MR) is 74.6 cm³/mol. The largest absolute Gasteiger partial charge is 3.00 e. The quantitative estimate of drug-likeness (QED) is 0.552. The van der Waals surface area contributed by atoms with Crippen molar-refractivity contribution in [3.05, 3.63) is 46.1 Å². The molecule has 2 aliphatic rings. The first-order valence-corrected chi connectivity index (χ1v) is 6.69. The molecule has 2 aliphatic carbocycles. The van der Waals surface area contributed by atoms with E-state index in [2.05, 4.69) is 52.8 Å². The zero-order valence-electron chi connectivity index (χ0n) is 13.0. The number of rotatable bonds is 3. The molecule has 0 spiro atoms. The van der Waals surface area contributed by atoms with Gasteiger partial charge in [-0.25, -0.2) is 5.57 Å². The van der Waals surface area contributed by atoms with Crippen LogP contribution in [0.4, 0.5) is 0 Å². The normalized spacial score (nSPS) is 24.1. The Hall–Kier alpha value is 0.423. The number of allylic oxidation sites excluding steroid dienone is 8. The zero-order valence-corrected chi connectivity index (χ0v) is 17.0. The van der Waals surface area contributed by atoms with Crippen molar-refractivity contribution in [2.75, 3.05) is 0 Å². The molecular formula is C17H23Cl2Zr. The van der Waals surface area contributed by atoms with E-state index in [4.69, 9.17) is 0 Å². The fourth-order valence-corrected chi connectivity index (χ4v) is 3.10. The van der Waals surface area contributed by atoms with Gasteiger partial charge in [0.2, 0.25) is 0 Å². The summed E-state index contributed by atoms with van der Waals surface area (Å²) in [5.41, 5.74) is 7.44. The van der Waals surface area contributed by atoms with Gasteiger partial charge in [0.15, 0.2) is 0 Å². The minimum atomic E-state index is 0. The molecule has 3 heteroatoms. The molecule has 0 aromatic carbocycles. The van der Waals surface area contributed by atoms with Crippen LogP contribution in [0, 0.1) is 11.5 Å². The molecule has 0 amide bonds. The van der Waals surface area contributed by atoms with Crippen molar-refractivity contribution in [2.45, 2.75) is 53.9 Å². The SMILES string of the molecule is CCCC1=C(C2(C)[C-]=C(C)C(C)=C2C)CC=C1.[Cl-].[Cl-].[Zr+3]. The molecule has 0 aromatic rings. The Bertz CT molecular complexity index is 469. The van der Waals surface area contributed by atoms with Crippen LogP contribution in [0.5, 0.6) is 0 Å². The van der Waals surface area contributed by atoms with Gasteiger partial charge >= 0.3 is 26.2 Å². The zero-order chi connectivity index (χ0) is 12.6. The number of hydrogen-bond donors (Lipinski definition) is 0. The first-order valence-electron chi connectivity index (χ1n) is 6.69. The summed E-state index contributed by atoms with van der Waals surface area (Å²) in [6, 6.07) is 0. The van der Waals surface area contributed by atoms with Crippen molar-refractivity contribution in [1.82, 2.24) is 0 Å². The second kappa shape index (κ2) is 8.77. The molecule has 0 fully saturated rings. The second-order valence-electron chi connectivity index (χ2n) is 5.49. The van der Waals surface area contributed by atoms with Gasteiger partial charge in [-0.3, -0.25) is 6.08 Å². The van der Waals surface area contributed by atoms with Crippen LogP contribution in [-0.4, -0.2) is 0 Å². The van der Waals surface area contributed by atoms with E-state index in [-0.39, 0.29) is 56.4 Å². The van der Waals surface area contributed by atoms with Crippen molar-refractivity contribution >= 4 is 0 Å². The summed E-state index contributed by atoms with van der Waals surface area (Å²) in [5, 5.41) is 0. The van der Waals surface area contributed by atoms with E-state index in [1.165, 1.54) is 29.6 Å². The van der Waals surface area contributed by atoms with Crippen LogP contribution in [0.25, 0.3) is 0 Å². The van der Waals surface area contributed by atoms with Gasteiger partial charge in [-0.2, -0.15) is 11.1 Å². The fourth-order valence-electron chi connectivity index (χ4n) is 3.10. The Morgan fingerprint density at radius 3 is 2.25 bits per heavy atom. The van der Waals surface area contributed by atoms with Crippen LogP contribution < -0.4 is 24.8 Å². The second-order valence-corrected chi connectivity index (χ2v) is 5.49. The van der Waals surface area contributed by atoms with E-state index in [1.807, 2.05) is 0 Å². The maximum absolute atomic E-state index is 3.70. The standard InChI is InChI=1S/C17H23.2ClH.Zr/c1-6-8-15-9-7-10-16(15)17(5)11-12(2)13(3)14(17)4;;;/h7,9H,6,8,10H2,1-5H3;2*1H;/q-1;;;+3/p-2. The molecule has 1 radical (unpaired) electrons. The first kappa shape index (κ1) is 22.7. The third-order valence-electron chi connectivity index (χ3n) is 4.46. The van der Waals surface area contributed by atoms with Gasteiger partial charge in [-0.1, -0.05) is 57.3 Å². The van der Waals surface area contributed by atoms with Crippen LogP contribution in [0.15, 0.2) is 40.0 Å². The summed E-state index contributed by atoms with van der Waals surface area (Å²) >= 11 is 0. The summed E-state index contributed by atoms with van der Waals surface area (Å²) in [6.07, 6.45) is 11.9. The third-order valence-corrected chi connectivity index (χ3v) is 4.46. The van der Waals surface area contributed by atoms with E-state index in [9.17, 15) is 0 Å². The first-order chi connectivity index (χ1) is 8.00. The molecule has 0 N–H and O–H groups in total. The minimum Gasteiger partial charge on any atom is -1.00 e. The number of halogens is 2. The van der Waals surface area contributed by atoms with Crippen molar-refractivity contribution in [3.63, 3.8) is 0 Å². The monoisotopic (exact) mass is 387 g/mol. The maximum Gasteiger partial charge on any atom is 3.00 e. The van der Waals surface area contributed by atoms with Crippen LogP contribution in [0.2, 0.25) is 0 Å². The van der Waals surface area contributed by atoms with E-state index >= 15 is 0 Å². The summed E-state index contributed by atoms with van der Waals surface area (Å²) < 4.78 is 0. The van der Waals surface area contributed by atoms with Crippen LogP contribution in [-0.2, 0) is 26.2 Å². The van der Waals surface area contributed by atoms with Crippen molar-refractivity contribution in [1.29, 1.82) is 0 Å². The van der Waals surface area contributed by atoms with Crippen molar-refractivity contribution in [2.24, 2.45) is 5.41 Å².